The Kier molecular flexibility index (Phi) is 4.07. The lowest BCUT2D eigenvalue weighted by Crippen LogP contribution is -2.20. The molecule has 4 heteroatoms. The number of nitrogens with two attached hydrogens (primary N) is 1. The van der Waals surface area contributed by atoms with Crippen LogP contribution in [0.2, 0.25) is 0 Å². The van der Waals surface area contributed by atoms with Crippen molar-refractivity contribution in [1.29, 1.82) is 0 Å². The molecule has 0 aliphatic carbocycles. The fourth-order valence-corrected chi connectivity index (χ4v) is 3.07. The molecule has 1 heterocycles. The van der Waals surface area contributed by atoms with Crippen molar-refractivity contribution in [2.45, 2.75) is 17.4 Å². The molecule has 2 N–H and O–H groups in total. The summed E-state index contributed by atoms with van der Waals surface area (Å²) in [6.45, 7) is 1.77. The second-order valence-electron chi connectivity index (χ2n) is 4.69. The topological polar surface area (TPSA) is 29.3 Å². The van der Waals surface area contributed by atoms with Gasteiger partial charge in [-0.1, -0.05) is 6.07 Å². The Morgan fingerprint density at radius 2 is 2.29 bits per heavy atom. The summed E-state index contributed by atoms with van der Waals surface area (Å²) in [6, 6.07) is 5.83. The van der Waals surface area contributed by atoms with Crippen LogP contribution in [-0.2, 0) is 0 Å². The van der Waals surface area contributed by atoms with Crippen LogP contribution in [0.1, 0.15) is 18.0 Å². The molecular formula is C13H19FN2S. The number of nitrogens with zero attached hydrogens (tertiary/aromatic N) is 1. The van der Waals surface area contributed by atoms with Gasteiger partial charge in [-0.25, -0.2) is 4.39 Å². The zero-order valence-electron chi connectivity index (χ0n) is 10.3. The van der Waals surface area contributed by atoms with E-state index in [0.29, 0.717) is 12.0 Å². The zero-order chi connectivity index (χ0) is 12.4. The maximum Gasteiger partial charge on any atom is 0.136 e. The van der Waals surface area contributed by atoms with E-state index in [9.17, 15) is 4.39 Å². The Labute approximate surface area is 106 Å². The zero-order valence-corrected chi connectivity index (χ0v) is 11.1. The highest BCUT2D eigenvalue weighted by Crippen LogP contribution is 2.35. The SMILES string of the molecule is CSc1cc(C2CC(CN)CN2C)ccc1F. The van der Waals surface area contributed by atoms with Crippen LogP contribution >= 0.6 is 11.8 Å². The van der Waals surface area contributed by atoms with Gasteiger partial charge in [-0.2, -0.15) is 0 Å². The maximum absolute atomic E-state index is 13.4. The summed E-state index contributed by atoms with van der Waals surface area (Å²) in [5.74, 6) is 0.435. The van der Waals surface area contributed by atoms with Gasteiger partial charge in [-0.15, -0.1) is 11.8 Å². The Balaban J connectivity index is 2.22. The molecule has 0 amide bonds. The van der Waals surface area contributed by atoms with E-state index in [4.69, 9.17) is 5.73 Å². The molecule has 1 aliphatic rings. The number of rotatable bonds is 3. The number of likely N-dealkylation sites (tertiary alicyclic amines) is 1. The lowest BCUT2D eigenvalue weighted by Gasteiger charge is -2.20. The van der Waals surface area contributed by atoms with Gasteiger partial charge in [0.05, 0.1) is 0 Å². The van der Waals surface area contributed by atoms with E-state index in [2.05, 4.69) is 11.9 Å². The van der Waals surface area contributed by atoms with E-state index < -0.39 is 0 Å². The summed E-state index contributed by atoms with van der Waals surface area (Å²) in [5.41, 5.74) is 6.93. The largest absolute Gasteiger partial charge is 0.330 e. The minimum Gasteiger partial charge on any atom is -0.330 e. The molecule has 1 fully saturated rings. The average molecular weight is 254 g/mol. The molecule has 94 valence electrons. The molecule has 1 aromatic rings. The van der Waals surface area contributed by atoms with E-state index >= 15 is 0 Å². The molecule has 0 radical (unpaired) electrons. The van der Waals surface area contributed by atoms with Crippen LogP contribution in [0.15, 0.2) is 23.1 Å². The average Bonchev–Trinajstić information content (AvgIpc) is 2.71. The molecule has 1 aromatic carbocycles. The van der Waals surface area contributed by atoms with Crippen molar-refractivity contribution in [2.75, 3.05) is 26.4 Å². The molecule has 0 bridgehead atoms. The number of hydrogen-bond acceptors (Lipinski definition) is 3. The molecule has 1 aliphatic heterocycles. The highest BCUT2D eigenvalue weighted by Gasteiger charge is 2.29. The summed E-state index contributed by atoms with van der Waals surface area (Å²) in [5, 5.41) is 0. The summed E-state index contributed by atoms with van der Waals surface area (Å²) in [4.78, 5) is 3.04. The van der Waals surface area contributed by atoms with Crippen molar-refractivity contribution in [3.05, 3.63) is 29.6 Å². The van der Waals surface area contributed by atoms with Crippen LogP contribution in [0, 0.1) is 11.7 Å². The predicted molar refractivity (Wildman–Crippen MR) is 70.7 cm³/mol. The first-order valence-corrected chi connectivity index (χ1v) is 7.12. The standard InChI is InChI=1S/C13H19FN2S/c1-16-8-9(7-15)5-12(16)10-3-4-11(14)13(6-10)17-2/h3-4,6,9,12H,5,7-8,15H2,1-2H3. The van der Waals surface area contributed by atoms with Crippen molar-refractivity contribution in [1.82, 2.24) is 4.90 Å². The third-order valence-electron chi connectivity index (χ3n) is 3.53. The van der Waals surface area contributed by atoms with Crippen LogP contribution in [0.3, 0.4) is 0 Å². The van der Waals surface area contributed by atoms with Gasteiger partial charge in [0.25, 0.3) is 0 Å². The van der Waals surface area contributed by atoms with Gasteiger partial charge in [-0.05, 0) is 49.9 Å². The Morgan fingerprint density at radius 3 is 2.88 bits per heavy atom. The Bertz CT molecular complexity index is 397. The van der Waals surface area contributed by atoms with Crippen molar-refractivity contribution in [3.63, 3.8) is 0 Å². The van der Waals surface area contributed by atoms with Gasteiger partial charge in [-0.3, -0.25) is 4.90 Å². The lowest BCUT2D eigenvalue weighted by molar-refractivity contribution is 0.313. The van der Waals surface area contributed by atoms with Gasteiger partial charge in [0.15, 0.2) is 0 Å². The van der Waals surface area contributed by atoms with Gasteiger partial charge >= 0.3 is 0 Å². The molecular weight excluding hydrogens is 235 g/mol. The number of halogens is 1. The molecule has 2 rings (SSSR count). The predicted octanol–water partition coefficient (Wildman–Crippen LogP) is 2.50. The van der Waals surface area contributed by atoms with Crippen LogP contribution in [-0.4, -0.2) is 31.3 Å². The summed E-state index contributed by atoms with van der Waals surface area (Å²) in [7, 11) is 2.11. The van der Waals surface area contributed by atoms with E-state index in [-0.39, 0.29) is 5.82 Å². The molecule has 2 nitrogen and oxygen atoms in total. The van der Waals surface area contributed by atoms with Gasteiger partial charge in [0, 0.05) is 17.5 Å². The molecule has 1 saturated heterocycles. The van der Waals surface area contributed by atoms with E-state index in [0.717, 1.165) is 24.4 Å². The van der Waals surface area contributed by atoms with Crippen LogP contribution in [0.5, 0.6) is 0 Å². The van der Waals surface area contributed by atoms with Crippen molar-refractivity contribution >= 4 is 11.8 Å². The smallest absolute Gasteiger partial charge is 0.136 e. The van der Waals surface area contributed by atoms with Crippen molar-refractivity contribution in [2.24, 2.45) is 11.7 Å². The van der Waals surface area contributed by atoms with E-state index in [1.165, 1.54) is 17.3 Å². The molecule has 2 unspecified atom stereocenters. The maximum atomic E-state index is 13.4. The monoisotopic (exact) mass is 254 g/mol. The number of thioether (sulfide) groups is 1. The summed E-state index contributed by atoms with van der Waals surface area (Å²) >= 11 is 1.46. The fraction of sp³-hybridized carbons (Fsp3) is 0.538. The Morgan fingerprint density at radius 1 is 1.53 bits per heavy atom. The van der Waals surface area contributed by atoms with E-state index in [1.54, 1.807) is 6.07 Å². The van der Waals surface area contributed by atoms with E-state index in [1.807, 2.05) is 18.4 Å². The summed E-state index contributed by atoms with van der Waals surface area (Å²) in [6.07, 6.45) is 2.98. The molecule has 0 aromatic heterocycles. The highest BCUT2D eigenvalue weighted by molar-refractivity contribution is 7.98. The van der Waals surface area contributed by atoms with Gasteiger partial charge in [0.1, 0.15) is 5.82 Å². The number of benzene rings is 1. The lowest BCUT2D eigenvalue weighted by atomic mass is 10.00. The van der Waals surface area contributed by atoms with Gasteiger partial charge in [0.2, 0.25) is 0 Å². The normalized spacial score (nSPS) is 25.4. The first kappa shape index (κ1) is 12.9. The number of hydrogen-bond donors (Lipinski definition) is 1. The van der Waals surface area contributed by atoms with Crippen molar-refractivity contribution in [3.8, 4) is 0 Å². The second kappa shape index (κ2) is 5.38. The first-order chi connectivity index (χ1) is 8.15. The minimum absolute atomic E-state index is 0.128. The molecule has 0 spiro atoms. The molecule has 17 heavy (non-hydrogen) atoms. The minimum atomic E-state index is -0.128. The highest BCUT2D eigenvalue weighted by atomic mass is 32.2. The summed E-state index contributed by atoms with van der Waals surface area (Å²) < 4.78 is 13.4. The molecule has 0 saturated carbocycles. The van der Waals surface area contributed by atoms with Crippen LogP contribution in [0.4, 0.5) is 4.39 Å². The second-order valence-corrected chi connectivity index (χ2v) is 5.53. The van der Waals surface area contributed by atoms with Crippen molar-refractivity contribution < 1.29 is 4.39 Å². The third-order valence-corrected chi connectivity index (χ3v) is 4.28. The van der Waals surface area contributed by atoms with Crippen LogP contribution < -0.4 is 5.73 Å². The third kappa shape index (κ3) is 2.64. The first-order valence-electron chi connectivity index (χ1n) is 5.89. The Hall–Kier alpha value is -0.580. The molecule has 2 atom stereocenters. The van der Waals surface area contributed by atoms with Crippen LogP contribution in [0.25, 0.3) is 0 Å². The van der Waals surface area contributed by atoms with Gasteiger partial charge < -0.3 is 5.73 Å². The fourth-order valence-electron chi connectivity index (χ4n) is 2.55. The quantitative estimate of drug-likeness (QED) is 0.840.